The van der Waals surface area contributed by atoms with Crippen LogP contribution in [0.3, 0.4) is 0 Å². The van der Waals surface area contributed by atoms with Gasteiger partial charge in [0.2, 0.25) is 10.0 Å². The molecule has 1 heterocycles. The summed E-state index contributed by atoms with van der Waals surface area (Å²) in [4.78, 5) is -0.0922. The second kappa shape index (κ2) is 6.44. The molecular formula is C16H10ClF2N3O2S. The highest BCUT2D eigenvalue weighted by molar-refractivity contribution is 7.89. The standard InChI is InChI=1S/C16H10ClF2N3O2S/c17-11-3-1-10(2-4-11)15-9-14(16(18)19)21-22(15)12-5-7-13(8-6-12)25(20,23)24/h1,3,5-9,16H,(H2,20,23,24). The van der Waals surface area contributed by atoms with Gasteiger partial charge >= 0.3 is 0 Å². The number of hydrogen-bond acceptors (Lipinski definition) is 3. The van der Waals surface area contributed by atoms with Crippen LogP contribution in [0.4, 0.5) is 8.78 Å². The Balaban J connectivity index is 2.16. The molecule has 0 aliphatic heterocycles. The lowest BCUT2D eigenvalue weighted by molar-refractivity contribution is 0.145. The highest BCUT2D eigenvalue weighted by Gasteiger charge is 2.19. The second-order valence-corrected chi connectivity index (χ2v) is 7.02. The van der Waals surface area contributed by atoms with E-state index in [1.807, 2.05) is 0 Å². The van der Waals surface area contributed by atoms with E-state index in [-0.39, 0.29) is 4.90 Å². The molecule has 0 saturated carbocycles. The normalized spacial score (nSPS) is 14.0. The van der Waals surface area contributed by atoms with Crippen molar-refractivity contribution >= 4 is 27.2 Å². The average Bonchev–Trinajstić information content (AvgIpc) is 3.00. The third kappa shape index (κ3) is 3.64. The number of rotatable bonds is 4. The number of nitrogens with two attached hydrogens (primary N) is 1. The summed E-state index contributed by atoms with van der Waals surface area (Å²) >= 11 is 5.77. The van der Waals surface area contributed by atoms with Crippen molar-refractivity contribution in [3.63, 3.8) is 0 Å². The number of nitrogens with zero attached hydrogens (tertiary/aromatic N) is 2. The quantitative estimate of drug-likeness (QED) is 0.825. The zero-order chi connectivity index (χ0) is 18.2. The predicted octanol–water partition coefficient (Wildman–Crippen LogP) is 3.29. The molecule has 1 aromatic carbocycles. The van der Waals surface area contributed by atoms with Crippen LogP contribution in [-0.2, 0) is 10.0 Å². The molecule has 0 fully saturated rings. The molecule has 0 spiro atoms. The number of halogens is 3. The van der Waals surface area contributed by atoms with Gasteiger partial charge in [-0.15, -0.1) is 0 Å². The zero-order valence-electron chi connectivity index (χ0n) is 12.4. The first-order valence-electron chi connectivity index (χ1n) is 6.87. The van der Waals surface area contributed by atoms with E-state index in [1.165, 1.54) is 35.0 Å². The van der Waals surface area contributed by atoms with E-state index >= 15 is 0 Å². The monoisotopic (exact) mass is 381 g/mol. The van der Waals surface area contributed by atoms with Gasteiger partial charge in [0, 0.05) is 0 Å². The number of alkyl halides is 2. The maximum absolute atomic E-state index is 13.1. The van der Waals surface area contributed by atoms with Crippen LogP contribution >= 0.6 is 11.6 Å². The van der Waals surface area contributed by atoms with E-state index < -0.39 is 22.1 Å². The lowest BCUT2D eigenvalue weighted by Crippen LogP contribution is -2.12. The molecule has 1 aromatic heterocycles. The van der Waals surface area contributed by atoms with Gasteiger partial charge in [-0.1, -0.05) is 17.3 Å². The Morgan fingerprint density at radius 3 is 2.36 bits per heavy atom. The molecular weight excluding hydrogens is 372 g/mol. The topological polar surface area (TPSA) is 78.0 Å². The van der Waals surface area contributed by atoms with E-state index in [2.05, 4.69) is 16.6 Å². The van der Waals surface area contributed by atoms with Crippen molar-refractivity contribution in [2.24, 2.45) is 5.14 Å². The van der Waals surface area contributed by atoms with Crippen LogP contribution in [-0.4, -0.2) is 18.2 Å². The minimum absolute atomic E-state index is 0.0922. The molecule has 0 radical (unpaired) electrons. The van der Waals surface area contributed by atoms with Gasteiger partial charge in [-0.25, -0.2) is 27.0 Å². The first-order valence-corrected chi connectivity index (χ1v) is 8.79. The van der Waals surface area contributed by atoms with Crippen molar-refractivity contribution in [2.75, 3.05) is 0 Å². The summed E-state index contributed by atoms with van der Waals surface area (Å²) < 4.78 is 50.1. The van der Waals surface area contributed by atoms with E-state index in [4.69, 9.17) is 16.7 Å². The van der Waals surface area contributed by atoms with Crippen LogP contribution in [0.25, 0.3) is 11.3 Å². The van der Waals surface area contributed by atoms with Gasteiger partial charge in [0.15, 0.2) is 0 Å². The Hall–Kier alpha value is -2.47. The summed E-state index contributed by atoms with van der Waals surface area (Å²) in [5.41, 5.74) is 6.19. The van der Waals surface area contributed by atoms with Gasteiger partial charge in [0.05, 0.1) is 26.9 Å². The molecule has 2 N–H and O–H groups in total. The average molecular weight is 382 g/mol. The molecule has 1 aliphatic carbocycles. The smallest absolute Gasteiger partial charge is 0.232 e. The van der Waals surface area contributed by atoms with Crippen LogP contribution in [0.5, 0.6) is 0 Å². The number of primary sulfonamides is 1. The minimum Gasteiger partial charge on any atom is -0.232 e. The Morgan fingerprint density at radius 2 is 1.84 bits per heavy atom. The number of allylic oxidation sites excluding steroid dienone is 4. The zero-order valence-corrected chi connectivity index (χ0v) is 14.0. The predicted molar refractivity (Wildman–Crippen MR) is 88.8 cm³/mol. The van der Waals surface area contributed by atoms with Crippen LogP contribution in [0.15, 0.2) is 63.9 Å². The van der Waals surface area contributed by atoms with Crippen LogP contribution in [0.1, 0.15) is 17.8 Å². The maximum atomic E-state index is 13.1. The fourth-order valence-electron chi connectivity index (χ4n) is 2.19. The third-order valence-electron chi connectivity index (χ3n) is 3.35. The Labute approximate surface area is 147 Å². The first-order chi connectivity index (χ1) is 11.8. The van der Waals surface area contributed by atoms with Gasteiger partial charge < -0.3 is 0 Å². The SMILES string of the molecule is NS(=O)(=O)c1ccc(-n2nc(C(F)F)cc2C2=C=C=C(Cl)C=C2)cc1. The fraction of sp³-hybridized carbons (Fsp3) is 0.0625. The number of sulfonamides is 1. The van der Waals surface area contributed by atoms with Crippen LogP contribution in [0.2, 0.25) is 0 Å². The number of hydrogen-bond donors (Lipinski definition) is 1. The summed E-state index contributed by atoms with van der Waals surface area (Å²) in [6.07, 6.45) is 0.386. The summed E-state index contributed by atoms with van der Waals surface area (Å²) in [7, 11) is -3.85. The summed E-state index contributed by atoms with van der Waals surface area (Å²) in [6, 6.07) is 6.62. The highest BCUT2D eigenvalue weighted by atomic mass is 35.5. The van der Waals surface area contributed by atoms with Crippen molar-refractivity contribution < 1.29 is 17.2 Å². The second-order valence-electron chi connectivity index (χ2n) is 5.05. The Morgan fingerprint density at radius 1 is 1.16 bits per heavy atom. The van der Waals surface area contributed by atoms with E-state index in [1.54, 1.807) is 12.2 Å². The molecule has 128 valence electrons. The Bertz CT molecular complexity index is 1070. The van der Waals surface area contributed by atoms with Gasteiger partial charge in [-0.3, -0.25) is 0 Å². The van der Waals surface area contributed by atoms with Crippen molar-refractivity contribution in [1.82, 2.24) is 9.78 Å². The van der Waals surface area contributed by atoms with Crippen LogP contribution in [0, 0.1) is 0 Å². The van der Waals surface area contributed by atoms with E-state index in [0.717, 1.165) is 0 Å². The lowest BCUT2D eigenvalue weighted by atomic mass is 10.1. The molecule has 0 atom stereocenters. The molecule has 9 heteroatoms. The van der Waals surface area contributed by atoms with E-state index in [0.29, 0.717) is 22.0 Å². The van der Waals surface area contributed by atoms with E-state index in [9.17, 15) is 17.2 Å². The molecule has 3 rings (SSSR count). The number of benzene rings is 1. The first kappa shape index (κ1) is 17.4. The molecule has 0 amide bonds. The molecule has 5 nitrogen and oxygen atoms in total. The molecule has 1 aliphatic rings. The fourth-order valence-corrected chi connectivity index (χ4v) is 2.81. The minimum atomic E-state index is -3.85. The van der Waals surface area contributed by atoms with Gasteiger partial charge in [-0.2, -0.15) is 5.10 Å². The van der Waals surface area contributed by atoms with Crippen molar-refractivity contribution in [3.05, 3.63) is 70.4 Å². The van der Waals surface area contributed by atoms with Crippen LogP contribution < -0.4 is 5.14 Å². The van der Waals surface area contributed by atoms with Gasteiger partial charge in [0.1, 0.15) is 5.69 Å². The highest BCUT2D eigenvalue weighted by Crippen LogP contribution is 2.27. The largest absolute Gasteiger partial charge is 0.282 e. The lowest BCUT2D eigenvalue weighted by Gasteiger charge is -2.08. The summed E-state index contributed by atoms with van der Waals surface area (Å²) in [5.74, 6) is 0. The van der Waals surface area contributed by atoms with Crippen molar-refractivity contribution in [1.29, 1.82) is 0 Å². The third-order valence-corrected chi connectivity index (χ3v) is 4.50. The summed E-state index contributed by atoms with van der Waals surface area (Å²) in [5, 5.41) is 9.28. The van der Waals surface area contributed by atoms with Gasteiger partial charge in [-0.05, 0) is 48.2 Å². The molecule has 2 aromatic rings. The molecule has 0 unspecified atom stereocenters. The number of aromatic nitrogens is 2. The molecule has 0 bridgehead atoms. The summed E-state index contributed by atoms with van der Waals surface area (Å²) in [6.45, 7) is 0. The molecule has 0 saturated heterocycles. The Kier molecular flexibility index (Phi) is 4.47. The van der Waals surface area contributed by atoms with Gasteiger partial charge in [0.25, 0.3) is 6.43 Å². The molecule has 25 heavy (non-hydrogen) atoms. The maximum Gasteiger partial charge on any atom is 0.282 e. The van der Waals surface area contributed by atoms with Crippen molar-refractivity contribution in [3.8, 4) is 5.69 Å². The van der Waals surface area contributed by atoms with Crippen molar-refractivity contribution in [2.45, 2.75) is 11.3 Å².